The van der Waals surface area contributed by atoms with Crippen molar-refractivity contribution in [2.75, 3.05) is 13.2 Å². The largest absolute Gasteiger partial charge is 0.461 e. The van der Waals surface area contributed by atoms with E-state index in [-0.39, 0.29) is 43.5 Å². The summed E-state index contributed by atoms with van der Waals surface area (Å²) in [6, 6.07) is 0. The molecule has 54 heavy (non-hydrogen) atoms. The lowest BCUT2D eigenvalue weighted by Gasteiger charge is -2.59. The van der Waals surface area contributed by atoms with Gasteiger partial charge in [-0.05, 0) is 36.5 Å². The van der Waals surface area contributed by atoms with Crippen LogP contribution in [0.2, 0.25) is 0 Å². The minimum atomic E-state index is -2.44. The van der Waals surface area contributed by atoms with Gasteiger partial charge in [0, 0.05) is 46.5 Å². The number of hydrogen-bond acceptors (Lipinski definition) is 16. The maximum atomic E-state index is 13.4. The monoisotopic (exact) mass is 764 g/mol. The highest BCUT2D eigenvalue weighted by atomic mass is 16.7. The Morgan fingerprint density at radius 2 is 1.35 bits per heavy atom. The number of ether oxygens (including phenoxy) is 8. The molecule has 2 heterocycles. The third-order valence-electron chi connectivity index (χ3n) is 10.3. The number of aliphatic hydroxyl groups is 1. The van der Waals surface area contributed by atoms with Crippen LogP contribution in [0.5, 0.6) is 0 Å². The first-order valence-corrected chi connectivity index (χ1v) is 18.1. The molecule has 0 amide bonds. The molecular weight excluding hydrogens is 712 g/mol. The number of carbonyl (C=O) groups is 7. The van der Waals surface area contributed by atoms with Crippen LogP contribution in [0.15, 0.2) is 23.8 Å². The van der Waals surface area contributed by atoms with Gasteiger partial charge in [0.2, 0.25) is 0 Å². The molecule has 300 valence electrons. The molecule has 0 aromatic rings. The average molecular weight is 765 g/mol. The zero-order chi connectivity index (χ0) is 40.5. The molecule has 1 spiro atoms. The fourth-order valence-electron chi connectivity index (χ4n) is 8.00. The number of esters is 7. The molecule has 16 heteroatoms. The summed E-state index contributed by atoms with van der Waals surface area (Å²) in [6.45, 7) is 13.9. The summed E-state index contributed by atoms with van der Waals surface area (Å²) in [5.74, 6) is -8.66. The van der Waals surface area contributed by atoms with Crippen molar-refractivity contribution in [3.8, 4) is 0 Å². The van der Waals surface area contributed by atoms with Crippen LogP contribution >= 0.6 is 0 Å². The molecule has 11 atom stereocenters. The van der Waals surface area contributed by atoms with Gasteiger partial charge in [-0.25, -0.2) is 0 Å². The van der Waals surface area contributed by atoms with Crippen LogP contribution in [-0.4, -0.2) is 108 Å². The normalized spacial score (nSPS) is 35.5. The topological polar surface area (TPSA) is 217 Å². The molecule has 3 fully saturated rings. The Labute approximate surface area is 314 Å². The number of rotatable bonds is 11. The summed E-state index contributed by atoms with van der Waals surface area (Å²) in [6.07, 6.45) is -5.43. The average Bonchev–Trinajstić information content (AvgIpc) is 3.78. The predicted molar refractivity (Wildman–Crippen MR) is 183 cm³/mol. The summed E-state index contributed by atoms with van der Waals surface area (Å²) in [4.78, 5) is 91.3. The second-order valence-electron chi connectivity index (χ2n) is 15.6. The van der Waals surface area contributed by atoms with Crippen molar-refractivity contribution in [2.24, 2.45) is 29.1 Å². The van der Waals surface area contributed by atoms with Crippen molar-refractivity contribution in [3.63, 3.8) is 0 Å². The fraction of sp³-hybridized carbons (Fsp3) is 0.711. The first-order chi connectivity index (χ1) is 25.1. The quantitative estimate of drug-likeness (QED) is 0.182. The van der Waals surface area contributed by atoms with Crippen LogP contribution in [0.1, 0.15) is 82.1 Å². The van der Waals surface area contributed by atoms with E-state index in [9.17, 15) is 38.7 Å². The van der Waals surface area contributed by atoms with E-state index in [1.165, 1.54) is 32.1 Å². The third kappa shape index (κ3) is 8.49. The molecule has 0 radical (unpaired) electrons. The minimum Gasteiger partial charge on any atom is -0.461 e. The Morgan fingerprint density at radius 1 is 0.815 bits per heavy atom. The Kier molecular flexibility index (Phi) is 12.7. The smallest absolute Gasteiger partial charge is 0.312 e. The van der Waals surface area contributed by atoms with Crippen LogP contribution in [0, 0.1) is 29.1 Å². The molecule has 1 saturated carbocycles. The number of fused-ring (bicyclic) bond motifs is 3. The molecule has 2 saturated heterocycles. The van der Waals surface area contributed by atoms with Gasteiger partial charge in [-0.1, -0.05) is 40.7 Å². The summed E-state index contributed by atoms with van der Waals surface area (Å²) in [5.41, 5.74) is -5.91. The molecule has 4 aliphatic rings. The predicted octanol–water partition coefficient (Wildman–Crippen LogP) is 2.45. The van der Waals surface area contributed by atoms with Crippen molar-refractivity contribution >= 4 is 41.8 Å². The zero-order valence-electron chi connectivity index (χ0n) is 32.4. The van der Waals surface area contributed by atoms with Gasteiger partial charge in [0.05, 0.1) is 17.9 Å². The molecule has 1 N–H and O–H groups in total. The molecule has 2 aliphatic heterocycles. The Morgan fingerprint density at radius 3 is 1.87 bits per heavy atom. The van der Waals surface area contributed by atoms with Gasteiger partial charge in [-0.3, -0.25) is 33.6 Å². The molecule has 0 aromatic carbocycles. The van der Waals surface area contributed by atoms with Crippen LogP contribution in [0.3, 0.4) is 0 Å². The SMILES string of the molecule is CC(=O)O[C@H]1[C@@H](OC(=O)CC(C)C)[C@]2(CO2)[C@@H]2[C@H](OC(C)=O)[C@@]3(O)[C@H](C=C(COC(=O)CC(C)C)C=C[C@H](OC(C)=O)[C@@]2(C)[C@H]1OC(C)=O)OC(=O)[C@@H]3C. The highest BCUT2D eigenvalue weighted by molar-refractivity contribution is 5.78. The molecule has 0 aromatic heterocycles. The van der Waals surface area contributed by atoms with E-state index < -0.39 is 107 Å². The number of carbonyl (C=O) groups excluding carboxylic acids is 7. The first kappa shape index (κ1) is 42.4. The lowest BCUT2D eigenvalue weighted by molar-refractivity contribution is -0.279. The lowest BCUT2D eigenvalue weighted by Crippen LogP contribution is -2.76. The third-order valence-corrected chi connectivity index (χ3v) is 10.3. The standard InChI is InChI=1S/C38H52O16/c1-18(2)13-28(43)47-16-25-11-12-26(49-21(6)39)36(10)31(34(52-24(9)42)38(46)20(5)35(45)53-27(38)15-25)37(17-48-37)33(54-29(44)14-19(3)4)30(50-22(7)40)32(36)51-23(8)41/h11-12,15,18-20,26-27,30-34,46H,13-14,16-17H2,1-10H3/t20-,26-,27-,30+,31+,32-,33+,34-,36+,37-,38-/m0/s1. The van der Waals surface area contributed by atoms with E-state index in [1.54, 1.807) is 13.8 Å². The van der Waals surface area contributed by atoms with E-state index in [0.717, 1.165) is 27.7 Å². The van der Waals surface area contributed by atoms with E-state index in [1.807, 2.05) is 13.8 Å². The van der Waals surface area contributed by atoms with Crippen molar-refractivity contribution < 1.29 is 76.6 Å². The second kappa shape index (κ2) is 16.2. The Balaban J connectivity index is 2.11. The highest BCUT2D eigenvalue weighted by Gasteiger charge is 2.81. The van der Waals surface area contributed by atoms with Crippen LogP contribution < -0.4 is 0 Å². The second-order valence-corrected chi connectivity index (χ2v) is 15.6. The van der Waals surface area contributed by atoms with Crippen molar-refractivity contribution in [1.82, 2.24) is 0 Å². The van der Waals surface area contributed by atoms with Gasteiger partial charge in [0.1, 0.15) is 24.4 Å². The van der Waals surface area contributed by atoms with Gasteiger partial charge in [-0.15, -0.1) is 0 Å². The summed E-state index contributed by atoms with van der Waals surface area (Å²) >= 11 is 0. The number of hydrogen-bond donors (Lipinski definition) is 1. The van der Waals surface area contributed by atoms with Crippen LogP contribution in [0.25, 0.3) is 0 Å². The molecule has 4 rings (SSSR count). The van der Waals surface area contributed by atoms with Crippen LogP contribution in [-0.2, 0) is 71.5 Å². The van der Waals surface area contributed by atoms with E-state index >= 15 is 0 Å². The van der Waals surface area contributed by atoms with Crippen molar-refractivity contribution in [1.29, 1.82) is 0 Å². The number of epoxide rings is 1. The van der Waals surface area contributed by atoms with Gasteiger partial charge in [0.15, 0.2) is 30.0 Å². The van der Waals surface area contributed by atoms with Crippen molar-refractivity contribution in [3.05, 3.63) is 23.8 Å². The van der Waals surface area contributed by atoms with Gasteiger partial charge in [0.25, 0.3) is 0 Å². The fourth-order valence-corrected chi connectivity index (χ4v) is 8.00. The molecule has 0 unspecified atom stereocenters. The minimum absolute atomic E-state index is 0.0253. The van der Waals surface area contributed by atoms with Gasteiger partial charge in [-0.2, -0.15) is 0 Å². The highest BCUT2D eigenvalue weighted by Crippen LogP contribution is 2.63. The van der Waals surface area contributed by atoms with Crippen LogP contribution in [0.4, 0.5) is 0 Å². The summed E-state index contributed by atoms with van der Waals surface area (Å²) < 4.78 is 47.2. The van der Waals surface area contributed by atoms with Gasteiger partial charge < -0.3 is 43.0 Å². The Hall–Kier alpha value is -4.31. The van der Waals surface area contributed by atoms with Gasteiger partial charge >= 0.3 is 41.8 Å². The first-order valence-electron chi connectivity index (χ1n) is 18.1. The molecule has 16 nitrogen and oxygen atoms in total. The maximum absolute atomic E-state index is 13.4. The van der Waals surface area contributed by atoms with E-state index in [0.29, 0.717) is 0 Å². The lowest BCUT2D eigenvalue weighted by atomic mass is 9.51. The Bertz CT molecular complexity index is 1570. The molecule has 0 bridgehead atoms. The molecular formula is C38H52O16. The zero-order valence-corrected chi connectivity index (χ0v) is 32.4. The van der Waals surface area contributed by atoms with E-state index in [2.05, 4.69) is 0 Å². The summed E-state index contributed by atoms with van der Waals surface area (Å²) in [7, 11) is 0. The summed E-state index contributed by atoms with van der Waals surface area (Å²) in [5, 5.41) is 13.0. The molecule has 2 aliphatic carbocycles. The van der Waals surface area contributed by atoms with Crippen molar-refractivity contribution in [2.45, 2.75) is 130 Å². The van der Waals surface area contributed by atoms with E-state index in [4.69, 9.17) is 37.9 Å². The maximum Gasteiger partial charge on any atom is 0.312 e.